The predicted octanol–water partition coefficient (Wildman–Crippen LogP) is 1.82. The molecule has 1 rings (SSSR count). The molecule has 0 heterocycles. The van der Waals surface area contributed by atoms with Gasteiger partial charge in [0.2, 0.25) is 0 Å². The van der Waals surface area contributed by atoms with E-state index in [2.05, 4.69) is 0 Å². The second-order valence-electron chi connectivity index (χ2n) is 2.91. The zero-order valence-electron chi connectivity index (χ0n) is 6.99. The van der Waals surface area contributed by atoms with Crippen LogP contribution in [0.15, 0.2) is 30.3 Å². The average Bonchev–Trinajstić information content (AvgIpc) is 2.06. The van der Waals surface area contributed by atoms with Crippen LogP contribution in [0.1, 0.15) is 12.5 Å². The summed E-state index contributed by atoms with van der Waals surface area (Å²) in [4.78, 5) is 10.4. The molecule has 0 saturated carbocycles. The monoisotopic (exact) mass is 163 g/mol. The third kappa shape index (κ3) is 2.38. The molecule has 0 aliphatic carbocycles. The lowest BCUT2D eigenvalue weighted by Crippen LogP contribution is -2.10. The van der Waals surface area contributed by atoms with E-state index in [1.807, 2.05) is 30.3 Å². The lowest BCUT2D eigenvalue weighted by atomic mass is 10.0. The van der Waals surface area contributed by atoms with Crippen LogP contribution in [0, 0.1) is 5.92 Å². The minimum atomic E-state index is -0.987. The fourth-order valence-corrected chi connectivity index (χ4v) is 1.05. The molecular weight excluding hydrogens is 152 g/mol. The van der Waals surface area contributed by atoms with Crippen LogP contribution in [0.5, 0.6) is 0 Å². The summed E-state index contributed by atoms with van der Waals surface area (Å²) in [5.41, 5.74) is 1.04. The second kappa shape index (κ2) is 3.90. The van der Waals surface area contributed by atoms with E-state index in [9.17, 15) is 9.90 Å². The first-order valence-electron chi connectivity index (χ1n) is 3.95. The molecule has 0 saturated heterocycles. The van der Waals surface area contributed by atoms with Crippen LogP contribution in [0.25, 0.3) is 0 Å². The van der Waals surface area contributed by atoms with Gasteiger partial charge in [-0.3, -0.25) is 0 Å². The maximum atomic E-state index is 10.4. The zero-order valence-corrected chi connectivity index (χ0v) is 6.99. The smallest absolute Gasteiger partial charge is 0.247 e. The van der Waals surface area contributed by atoms with Crippen LogP contribution in [0.2, 0.25) is 0 Å². The normalized spacial score (nSPS) is 12.4. The Morgan fingerprint density at radius 3 is 2.42 bits per heavy atom. The number of benzene rings is 1. The lowest BCUT2D eigenvalue weighted by Gasteiger charge is -2.03. The van der Waals surface area contributed by atoms with Gasteiger partial charge in [-0.25, -0.2) is 9.90 Å². The van der Waals surface area contributed by atoms with Crippen LogP contribution < -0.4 is 0 Å². The van der Waals surface area contributed by atoms with Gasteiger partial charge in [-0.1, -0.05) is 37.3 Å². The van der Waals surface area contributed by atoms with Crippen molar-refractivity contribution in [2.45, 2.75) is 13.3 Å². The van der Waals surface area contributed by atoms with Crippen molar-refractivity contribution in [2.75, 3.05) is 0 Å². The zero-order chi connectivity index (χ0) is 8.97. The van der Waals surface area contributed by atoms with Gasteiger partial charge < -0.3 is 0 Å². The van der Waals surface area contributed by atoms with Gasteiger partial charge >= 0.3 is 5.97 Å². The minimum Gasteiger partial charge on any atom is -0.247 e. The fraction of sp³-hybridized carbons (Fsp3) is 0.300. The van der Waals surface area contributed by atoms with Crippen molar-refractivity contribution < 1.29 is 9.90 Å². The average molecular weight is 163 g/mol. The Morgan fingerprint density at radius 2 is 1.92 bits per heavy atom. The molecule has 0 aliphatic heterocycles. The topological polar surface area (TPSA) is 37.0 Å². The summed E-state index contributed by atoms with van der Waals surface area (Å²) in [6.45, 7) is 1.66. The SMILES string of the molecule is CC(Cc1ccccc1)C([O])=O. The van der Waals surface area contributed by atoms with E-state index in [-0.39, 0.29) is 0 Å². The molecule has 2 nitrogen and oxygen atoms in total. The quantitative estimate of drug-likeness (QED) is 0.669. The lowest BCUT2D eigenvalue weighted by molar-refractivity contribution is -0.147. The molecule has 1 radical (unpaired) electrons. The van der Waals surface area contributed by atoms with Gasteiger partial charge in [0.1, 0.15) is 0 Å². The molecule has 0 N–H and O–H groups in total. The van der Waals surface area contributed by atoms with E-state index in [0.717, 1.165) is 5.56 Å². The van der Waals surface area contributed by atoms with Crippen LogP contribution in [0.4, 0.5) is 0 Å². The van der Waals surface area contributed by atoms with Crippen molar-refractivity contribution >= 4 is 5.97 Å². The van der Waals surface area contributed by atoms with Crippen molar-refractivity contribution in [3.63, 3.8) is 0 Å². The maximum Gasteiger partial charge on any atom is 0.358 e. The molecule has 0 fully saturated rings. The molecule has 0 amide bonds. The molecule has 1 aromatic carbocycles. The summed E-state index contributed by atoms with van der Waals surface area (Å²) in [6, 6.07) is 9.54. The van der Waals surface area contributed by atoms with E-state index in [0.29, 0.717) is 6.42 Å². The summed E-state index contributed by atoms with van der Waals surface area (Å²) in [6.07, 6.45) is 0.545. The first kappa shape index (κ1) is 8.78. The van der Waals surface area contributed by atoms with Gasteiger partial charge in [0.15, 0.2) is 0 Å². The van der Waals surface area contributed by atoms with Gasteiger partial charge in [-0.05, 0) is 12.0 Å². The minimum absolute atomic E-state index is 0.410. The van der Waals surface area contributed by atoms with Gasteiger partial charge in [-0.15, -0.1) is 0 Å². The molecule has 0 spiro atoms. The first-order chi connectivity index (χ1) is 5.70. The van der Waals surface area contributed by atoms with Gasteiger partial charge in [0.05, 0.1) is 5.92 Å². The van der Waals surface area contributed by atoms with Crippen LogP contribution >= 0.6 is 0 Å². The number of hydrogen-bond donors (Lipinski definition) is 0. The van der Waals surface area contributed by atoms with Crippen molar-refractivity contribution in [1.82, 2.24) is 0 Å². The first-order valence-corrected chi connectivity index (χ1v) is 3.95. The Hall–Kier alpha value is -1.31. The summed E-state index contributed by atoms with van der Waals surface area (Å²) in [5, 5.41) is 10.4. The number of hydrogen-bond acceptors (Lipinski definition) is 1. The Bertz CT molecular complexity index is 254. The van der Waals surface area contributed by atoms with Gasteiger partial charge in [-0.2, -0.15) is 0 Å². The Balaban J connectivity index is 2.58. The number of carbonyl (C=O) groups is 1. The molecule has 1 atom stereocenters. The Morgan fingerprint density at radius 1 is 1.33 bits per heavy atom. The van der Waals surface area contributed by atoms with Gasteiger partial charge in [0.25, 0.3) is 0 Å². The van der Waals surface area contributed by atoms with Crippen molar-refractivity contribution in [3.05, 3.63) is 35.9 Å². The number of rotatable bonds is 3. The molecule has 1 aromatic rings. The number of carbonyl (C=O) groups excluding carboxylic acids is 1. The van der Waals surface area contributed by atoms with E-state index >= 15 is 0 Å². The fourth-order valence-electron chi connectivity index (χ4n) is 1.05. The second-order valence-corrected chi connectivity index (χ2v) is 2.91. The molecular formula is C10H11O2. The van der Waals surface area contributed by atoms with E-state index in [1.165, 1.54) is 0 Å². The Kier molecular flexibility index (Phi) is 2.86. The van der Waals surface area contributed by atoms with Crippen LogP contribution in [-0.4, -0.2) is 5.97 Å². The summed E-state index contributed by atoms with van der Waals surface area (Å²) in [5.74, 6) is -1.40. The maximum absolute atomic E-state index is 10.4. The highest BCUT2D eigenvalue weighted by Gasteiger charge is 2.12. The van der Waals surface area contributed by atoms with Crippen molar-refractivity contribution in [1.29, 1.82) is 0 Å². The summed E-state index contributed by atoms with van der Waals surface area (Å²) in [7, 11) is 0. The highest BCUT2D eigenvalue weighted by molar-refractivity contribution is 5.69. The molecule has 2 heteroatoms. The summed E-state index contributed by atoms with van der Waals surface area (Å²) >= 11 is 0. The largest absolute Gasteiger partial charge is 0.358 e. The van der Waals surface area contributed by atoms with Crippen molar-refractivity contribution in [3.8, 4) is 0 Å². The third-order valence-corrected chi connectivity index (χ3v) is 1.79. The molecule has 12 heavy (non-hydrogen) atoms. The highest BCUT2D eigenvalue weighted by Crippen LogP contribution is 2.07. The van der Waals surface area contributed by atoms with Gasteiger partial charge in [0, 0.05) is 0 Å². The highest BCUT2D eigenvalue weighted by atomic mass is 16.4. The molecule has 0 aromatic heterocycles. The van der Waals surface area contributed by atoms with E-state index in [1.54, 1.807) is 6.92 Å². The summed E-state index contributed by atoms with van der Waals surface area (Å²) < 4.78 is 0. The van der Waals surface area contributed by atoms with E-state index < -0.39 is 11.9 Å². The Labute approximate surface area is 71.8 Å². The van der Waals surface area contributed by atoms with Crippen LogP contribution in [-0.2, 0) is 16.3 Å². The molecule has 0 bridgehead atoms. The molecule has 0 aliphatic rings. The van der Waals surface area contributed by atoms with Crippen LogP contribution in [0.3, 0.4) is 0 Å². The predicted molar refractivity (Wildman–Crippen MR) is 45.0 cm³/mol. The van der Waals surface area contributed by atoms with E-state index in [4.69, 9.17) is 0 Å². The third-order valence-electron chi connectivity index (χ3n) is 1.79. The molecule has 63 valence electrons. The standard InChI is InChI=1S/C10H11O2/c1-8(10(11)12)7-9-5-3-2-4-6-9/h2-6,8H,7H2,1H3. The molecule has 1 unspecified atom stereocenters. The van der Waals surface area contributed by atoms with Crippen molar-refractivity contribution in [2.24, 2.45) is 5.92 Å².